The first-order valence-electron chi connectivity index (χ1n) is 7.97. The predicted octanol–water partition coefficient (Wildman–Crippen LogP) is 5.88. The maximum absolute atomic E-state index is 13.5. The van der Waals surface area contributed by atoms with Gasteiger partial charge in [0.25, 0.3) is 0 Å². The standard InChI is InChI=1S/C20H16ClF3O2/c1-19(2)11-14-9-13(7-8-17(14)26-19)18(25)15(20(22,23)24)10-12-5-3-4-6-16(12)21/h3-10H,11H2,1-2H3/b15-10+. The van der Waals surface area contributed by atoms with E-state index in [9.17, 15) is 18.0 Å². The Morgan fingerprint density at radius 3 is 2.54 bits per heavy atom. The SMILES string of the molecule is CC1(C)Cc2cc(C(=O)/C(=C\c3ccccc3Cl)C(F)(F)F)ccc2O1. The average molecular weight is 381 g/mol. The van der Waals surface area contributed by atoms with E-state index >= 15 is 0 Å². The van der Waals surface area contributed by atoms with Crippen LogP contribution in [0, 0.1) is 0 Å². The van der Waals surface area contributed by atoms with E-state index in [1.54, 1.807) is 18.2 Å². The van der Waals surface area contributed by atoms with E-state index in [-0.39, 0.29) is 16.1 Å². The van der Waals surface area contributed by atoms with E-state index in [4.69, 9.17) is 16.3 Å². The average Bonchev–Trinajstić information content (AvgIpc) is 2.85. The molecule has 6 heteroatoms. The lowest BCUT2D eigenvalue weighted by Crippen LogP contribution is -2.24. The molecule has 0 unspecified atom stereocenters. The maximum atomic E-state index is 13.5. The quantitative estimate of drug-likeness (QED) is 0.490. The van der Waals surface area contributed by atoms with Crippen molar-refractivity contribution in [2.45, 2.75) is 32.0 Å². The lowest BCUT2D eigenvalue weighted by molar-refractivity contribution is -0.0878. The molecule has 0 aliphatic carbocycles. The third-order valence-electron chi connectivity index (χ3n) is 4.08. The normalized spacial score (nSPS) is 16.2. The molecule has 0 fully saturated rings. The van der Waals surface area contributed by atoms with Crippen molar-refractivity contribution in [3.05, 3.63) is 69.8 Å². The van der Waals surface area contributed by atoms with Gasteiger partial charge in [0, 0.05) is 17.0 Å². The van der Waals surface area contributed by atoms with Crippen molar-refractivity contribution in [3.63, 3.8) is 0 Å². The molecular weight excluding hydrogens is 365 g/mol. The number of alkyl halides is 3. The number of fused-ring (bicyclic) bond motifs is 1. The second kappa shape index (κ2) is 6.47. The molecule has 2 nitrogen and oxygen atoms in total. The molecule has 0 saturated carbocycles. The van der Waals surface area contributed by atoms with Gasteiger partial charge in [-0.2, -0.15) is 13.2 Å². The number of halogens is 4. The number of carbonyl (C=O) groups excluding carboxylic acids is 1. The van der Waals surface area contributed by atoms with Gasteiger partial charge in [-0.05, 0) is 55.3 Å². The summed E-state index contributed by atoms with van der Waals surface area (Å²) in [7, 11) is 0. The molecule has 1 aliphatic heterocycles. The van der Waals surface area contributed by atoms with Crippen LogP contribution < -0.4 is 4.74 Å². The summed E-state index contributed by atoms with van der Waals surface area (Å²) in [6.45, 7) is 3.76. The summed E-state index contributed by atoms with van der Waals surface area (Å²) >= 11 is 5.94. The number of ketones is 1. The highest BCUT2D eigenvalue weighted by Crippen LogP contribution is 2.37. The molecule has 2 aromatic rings. The Balaban J connectivity index is 2.02. The fourth-order valence-corrected chi connectivity index (χ4v) is 3.12. The minimum absolute atomic E-state index is 0.0271. The van der Waals surface area contributed by atoms with Crippen LogP contribution in [0.4, 0.5) is 13.2 Å². The van der Waals surface area contributed by atoms with E-state index in [0.717, 1.165) is 11.6 Å². The second-order valence-electron chi connectivity index (χ2n) is 6.77. The van der Waals surface area contributed by atoms with Crippen LogP contribution in [0.15, 0.2) is 48.0 Å². The van der Waals surface area contributed by atoms with Crippen molar-refractivity contribution < 1.29 is 22.7 Å². The number of hydrogen-bond acceptors (Lipinski definition) is 2. The Labute approximate surface area is 154 Å². The molecule has 0 aromatic heterocycles. The van der Waals surface area contributed by atoms with E-state index in [0.29, 0.717) is 12.2 Å². The van der Waals surface area contributed by atoms with Crippen molar-refractivity contribution in [1.82, 2.24) is 0 Å². The second-order valence-corrected chi connectivity index (χ2v) is 7.17. The molecule has 0 amide bonds. The zero-order chi connectivity index (χ0) is 19.1. The Bertz CT molecular complexity index is 898. The smallest absolute Gasteiger partial charge is 0.420 e. The van der Waals surface area contributed by atoms with Gasteiger partial charge >= 0.3 is 6.18 Å². The molecule has 0 bridgehead atoms. The molecule has 0 saturated heterocycles. The molecule has 136 valence electrons. The zero-order valence-corrected chi connectivity index (χ0v) is 14.9. The van der Waals surface area contributed by atoms with Gasteiger partial charge in [-0.1, -0.05) is 29.8 Å². The van der Waals surface area contributed by atoms with E-state index < -0.39 is 23.1 Å². The molecule has 3 rings (SSSR count). The number of rotatable bonds is 3. The van der Waals surface area contributed by atoms with Crippen molar-refractivity contribution in [3.8, 4) is 5.75 Å². The summed E-state index contributed by atoms with van der Waals surface area (Å²) in [6, 6.07) is 10.4. The van der Waals surface area contributed by atoms with Gasteiger partial charge in [0.15, 0.2) is 5.78 Å². The summed E-state index contributed by atoms with van der Waals surface area (Å²) in [5.74, 6) is -0.500. The van der Waals surface area contributed by atoms with Crippen molar-refractivity contribution in [2.24, 2.45) is 0 Å². The summed E-state index contributed by atoms with van der Waals surface area (Å²) in [5, 5.41) is 0.145. The lowest BCUT2D eigenvalue weighted by Gasteiger charge is -2.16. The monoisotopic (exact) mass is 380 g/mol. The number of Topliss-reactive ketones (excluding diaryl/α,β-unsaturated/α-hetero) is 1. The molecule has 1 aliphatic rings. The van der Waals surface area contributed by atoms with Gasteiger partial charge in [-0.15, -0.1) is 0 Å². The third-order valence-corrected chi connectivity index (χ3v) is 4.42. The first-order valence-corrected chi connectivity index (χ1v) is 8.35. The molecule has 1 heterocycles. The summed E-state index contributed by atoms with van der Waals surface area (Å²) in [4.78, 5) is 12.6. The summed E-state index contributed by atoms with van der Waals surface area (Å²) in [6.07, 6.45) is -3.48. The number of hydrogen-bond donors (Lipinski definition) is 0. The molecule has 0 N–H and O–H groups in total. The Hall–Kier alpha value is -2.27. The van der Waals surface area contributed by atoms with Crippen molar-refractivity contribution in [2.75, 3.05) is 0 Å². The van der Waals surface area contributed by atoms with Crippen LogP contribution in [0.25, 0.3) is 6.08 Å². The third kappa shape index (κ3) is 3.78. The van der Waals surface area contributed by atoms with Crippen LogP contribution in [0.3, 0.4) is 0 Å². The maximum Gasteiger partial charge on any atom is 0.420 e. The molecule has 0 radical (unpaired) electrons. The highest BCUT2D eigenvalue weighted by molar-refractivity contribution is 6.32. The van der Waals surface area contributed by atoms with Crippen LogP contribution >= 0.6 is 11.6 Å². The van der Waals surface area contributed by atoms with Gasteiger partial charge in [0.05, 0.1) is 0 Å². The largest absolute Gasteiger partial charge is 0.487 e. The van der Waals surface area contributed by atoms with Gasteiger partial charge in [-0.3, -0.25) is 4.79 Å². The van der Waals surface area contributed by atoms with Crippen LogP contribution in [-0.4, -0.2) is 17.6 Å². The van der Waals surface area contributed by atoms with Gasteiger partial charge < -0.3 is 4.74 Å². The number of benzene rings is 2. The number of allylic oxidation sites excluding steroid dienone is 1. The first kappa shape index (κ1) is 18.5. The molecular formula is C20H16ClF3O2. The van der Waals surface area contributed by atoms with E-state index in [1.807, 2.05) is 13.8 Å². The van der Waals surface area contributed by atoms with Crippen LogP contribution in [0.5, 0.6) is 5.75 Å². The summed E-state index contributed by atoms with van der Waals surface area (Å²) in [5.41, 5.74) is -0.866. The van der Waals surface area contributed by atoms with E-state index in [2.05, 4.69) is 0 Å². The van der Waals surface area contributed by atoms with Gasteiger partial charge in [0.2, 0.25) is 0 Å². The van der Waals surface area contributed by atoms with Gasteiger partial charge in [-0.25, -0.2) is 0 Å². The van der Waals surface area contributed by atoms with Crippen LogP contribution in [0.1, 0.15) is 35.3 Å². The molecule has 26 heavy (non-hydrogen) atoms. The highest BCUT2D eigenvalue weighted by Gasteiger charge is 2.39. The molecule has 0 spiro atoms. The molecule has 2 aromatic carbocycles. The van der Waals surface area contributed by atoms with Crippen LogP contribution in [0.2, 0.25) is 5.02 Å². The minimum atomic E-state index is -4.80. The topological polar surface area (TPSA) is 26.3 Å². The Kier molecular flexibility index (Phi) is 4.61. The van der Waals surface area contributed by atoms with Gasteiger partial charge in [0.1, 0.15) is 16.9 Å². The first-order chi connectivity index (χ1) is 12.1. The Morgan fingerprint density at radius 1 is 1.19 bits per heavy atom. The number of carbonyl (C=O) groups is 1. The minimum Gasteiger partial charge on any atom is -0.487 e. The number of ether oxygens (including phenoxy) is 1. The van der Waals surface area contributed by atoms with Crippen LogP contribution in [-0.2, 0) is 6.42 Å². The fraction of sp³-hybridized carbons (Fsp3) is 0.250. The lowest BCUT2D eigenvalue weighted by atomic mass is 9.96. The summed E-state index contributed by atoms with van der Waals surface area (Å²) < 4.78 is 46.2. The Morgan fingerprint density at radius 2 is 1.88 bits per heavy atom. The predicted molar refractivity (Wildman–Crippen MR) is 94.7 cm³/mol. The highest BCUT2D eigenvalue weighted by atomic mass is 35.5. The van der Waals surface area contributed by atoms with Crippen molar-refractivity contribution >= 4 is 23.5 Å². The van der Waals surface area contributed by atoms with E-state index in [1.165, 1.54) is 24.3 Å². The van der Waals surface area contributed by atoms with Crippen molar-refractivity contribution in [1.29, 1.82) is 0 Å². The zero-order valence-electron chi connectivity index (χ0n) is 14.2. The fourth-order valence-electron chi connectivity index (χ4n) is 2.93. The molecule has 0 atom stereocenters.